The molecule has 0 aliphatic heterocycles. The summed E-state index contributed by atoms with van der Waals surface area (Å²) in [4.78, 5) is 4.68. The zero-order valence-electron chi connectivity index (χ0n) is 10.0. The van der Waals surface area contributed by atoms with Crippen LogP contribution in [0.4, 0.5) is 0 Å². The molecule has 1 nitrogen and oxygen atoms in total. The highest BCUT2D eigenvalue weighted by Gasteiger charge is 2.14. The molecule has 1 heterocycles. The molecule has 16 heavy (non-hydrogen) atoms. The van der Waals surface area contributed by atoms with Crippen molar-refractivity contribution in [3.63, 3.8) is 0 Å². The lowest BCUT2D eigenvalue weighted by molar-refractivity contribution is 0.407. The lowest BCUT2D eigenvalue weighted by atomic mass is 9.91. The minimum absolute atomic E-state index is 0.308. The smallest absolute Gasteiger partial charge is 0.123 e. The first-order chi connectivity index (χ1) is 7.54. The molecule has 0 bridgehead atoms. The molecule has 0 spiro atoms. The van der Waals surface area contributed by atoms with Gasteiger partial charge in [0, 0.05) is 10.9 Å². The Labute approximate surface area is 101 Å². The second-order valence-corrected chi connectivity index (χ2v) is 6.11. The van der Waals surface area contributed by atoms with Crippen LogP contribution in [0.15, 0.2) is 35.7 Å². The van der Waals surface area contributed by atoms with E-state index < -0.39 is 0 Å². The van der Waals surface area contributed by atoms with Gasteiger partial charge >= 0.3 is 0 Å². The fraction of sp³-hybridized carbons (Fsp3) is 0.357. The lowest BCUT2D eigenvalue weighted by Crippen LogP contribution is -2.09. The third-order valence-corrected chi connectivity index (χ3v) is 3.22. The molecule has 0 fully saturated rings. The van der Waals surface area contributed by atoms with Crippen LogP contribution in [-0.2, 0) is 6.42 Å². The maximum atomic E-state index is 4.68. The van der Waals surface area contributed by atoms with E-state index in [2.05, 4.69) is 55.4 Å². The fourth-order valence-corrected chi connectivity index (χ4v) is 2.47. The highest BCUT2D eigenvalue weighted by molar-refractivity contribution is 7.13. The highest BCUT2D eigenvalue weighted by Crippen LogP contribution is 2.27. The van der Waals surface area contributed by atoms with E-state index in [-0.39, 0.29) is 0 Å². The number of hydrogen-bond acceptors (Lipinski definition) is 2. The van der Waals surface area contributed by atoms with Crippen LogP contribution in [-0.4, -0.2) is 4.98 Å². The van der Waals surface area contributed by atoms with E-state index >= 15 is 0 Å². The van der Waals surface area contributed by atoms with Crippen LogP contribution in [0.3, 0.4) is 0 Å². The van der Waals surface area contributed by atoms with Gasteiger partial charge in [-0.1, -0.05) is 51.1 Å². The second-order valence-electron chi connectivity index (χ2n) is 5.25. The van der Waals surface area contributed by atoms with Crippen LogP contribution >= 0.6 is 11.3 Å². The number of rotatable bonds is 2. The molecule has 0 radical (unpaired) electrons. The van der Waals surface area contributed by atoms with Crippen LogP contribution in [0.1, 0.15) is 26.5 Å². The summed E-state index contributed by atoms with van der Waals surface area (Å²) >= 11 is 1.73. The summed E-state index contributed by atoms with van der Waals surface area (Å²) in [7, 11) is 0. The highest BCUT2D eigenvalue weighted by atomic mass is 32.1. The summed E-state index contributed by atoms with van der Waals surface area (Å²) in [5.74, 6) is 0. The van der Waals surface area contributed by atoms with Gasteiger partial charge in [0.05, 0.1) is 5.69 Å². The summed E-state index contributed by atoms with van der Waals surface area (Å²) < 4.78 is 0. The molecule has 84 valence electrons. The van der Waals surface area contributed by atoms with Gasteiger partial charge in [0.1, 0.15) is 5.01 Å². The summed E-state index contributed by atoms with van der Waals surface area (Å²) in [5, 5.41) is 3.30. The summed E-state index contributed by atoms with van der Waals surface area (Å²) in [6.07, 6.45) is 1.04. The van der Waals surface area contributed by atoms with E-state index in [9.17, 15) is 0 Å². The maximum absolute atomic E-state index is 4.68. The third-order valence-electron chi connectivity index (χ3n) is 2.28. The second kappa shape index (κ2) is 4.38. The number of hydrogen-bond donors (Lipinski definition) is 0. The molecular formula is C14H17NS. The Morgan fingerprint density at radius 2 is 1.81 bits per heavy atom. The molecule has 0 N–H and O–H groups in total. The monoisotopic (exact) mass is 231 g/mol. The number of thiazole rings is 1. The van der Waals surface area contributed by atoms with E-state index in [1.54, 1.807) is 11.3 Å². The summed E-state index contributed by atoms with van der Waals surface area (Å²) in [6.45, 7) is 6.73. The van der Waals surface area contributed by atoms with Gasteiger partial charge < -0.3 is 0 Å². The predicted octanol–water partition coefficient (Wildman–Crippen LogP) is 4.40. The first kappa shape index (κ1) is 11.3. The van der Waals surface area contributed by atoms with E-state index in [0.29, 0.717) is 5.41 Å². The molecule has 2 aromatic rings. The summed E-state index contributed by atoms with van der Waals surface area (Å²) in [6, 6.07) is 10.4. The van der Waals surface area contributed by atoms with Crippen LogP contribution < -0.4 is 0 Å². The van der Waals surface area contributed by atoms with E-state index in [0.717, 1.165) is 11.4 Å². The van der Waals surface area contributed by atoms with Crippen LogP contribution in [0.2, 0.25) is 0 Å². The van der Waals surface area contributed by atoms with Crippen molar-refractivity contribution in [1.82, 2.24) is 4.98 Å². The number of aromatic nitrogens is 1. The normalized spacial score (nSPS) is 11.7. The SMILES string of the molecule is CC(C)(C)Cc1csc(-c2ccccc2)n1. The Bertz CT molecular complexity index is 451. The maximum Gasteiger partial charge on any atom is 0.123 e. The van der Waals surface area contributed by atoms with Crippen molar-refractivity contribution in [2.24, 2.45) is 5.41 Å². The molecule has 2 heteroatoms. The standard InChI is InChI=1S/C14H17NS/c1-14(2,3)9-12-10-16-13(15-12)11-7-5-4-6-8-11/h4-8,10H,9H2,1-3H3. The molecule has 0 aliphatic rings. The number of benzene rings is 1. The molecule has 1 aromatic carbocycles. The van der Waals surface area contributed by atoms with Gasteiger partial charge in [-0.05, 0) is 11.8 Å². The molecule has 0 amide bonds. The Balaban J connectivity index is 2.21. The van der Waals surface area contributed by atoms with Crippen molar-refractivity contribution >= 4 is 11.3 Å². The first-order valence-corrected chi connectivity index (χ1v) is 6.42. The van der Waals surface area contributed by atoms with Crippen molar-refractivity contribution in [2.45, 2.75) is 27.2 Å². The lowest BCUT2D eigenvalue weighted by Gasteiger charge is -2.15. The third kappa shape index (κ3) is 2.92. The van der Waals surface area contributed by atoms with Crippen molar-refractivity contribution in [2.75, 3.05) is 0 Å². The summed E-state index contributed by atoms with van der Waals surface area (Å²) in [5.41, 5.74) is 2.73. The first-order valence-electron chi connectivity index (χ1n) is 5.54. The Morgan fingerprint density at radius 3 is 2.44 bits per heavy atom. The molecule has 0 aliphatic carbocycles. The number of nitrogens with zero attached hydrogens (tertiary/aromatic N) is 1. The van der Waals surface area contributed by atoms with Crippen molar-refractivity contribution in [3.05, 3.63) is 41.4 Å². The minimum Gasteiger partial charge on any atom is -0.241 e. The van der Waals surface area contributed by atoms with Gasteiger partial charge in [0.2, 0.25) is 0 Å². The van der Waals surface area contributed by atoms with Gasteiger partial charge in [-0.3, -0.25) is 0 Å². The van der Waals surface area contributed by atoms with Crippen molar-refractivity contribution < 1.29 is 0 Å². The van der Waals surface area contributed by atoms with Gasteiger partial charge in [-0.2, -0.15) is 0 Å². The van der Waals surface area contributed by atoms with Gasteiger partial charge in [-0.15, -0.1) is 11.3 Å². The molecule has 1 aromatic heterocycles. The van der Waals surface area contributed by atoms with Crippen LogP contribution in [0.25, 0.3) is 10.6 Å². The Kier molecular flexibility index (Phi) is 3.10. The molecule has 0 saturated heterocycles. The Morgan fingerprint density at radius 1 is 1.12 bits per heavy atom. The fourth-order valence-electron chi connectivity index (χ4n) is 1.64. The van der Waals surface area contributed by atoms with E-state index in [1.165, 1.54) is 11.3 Å². The molecule has 0 unspecified atom stereocenters. The van der Waals surface area contributed by atoms with Crippen molar-refractivity contribution in [1.29, 1.82) is 0 Å². The quantitative estimate of drug-likeness (QED) is 0.746. The van der Waals surface area contributed by atoms with Gasteiger partial charge in [-0.25, -0.2) is 4.98 Å². The zero-order valence-corrected chi connectivity index (χ0v) is 10.8. The van der Waals surface area contributed by atoms with E-state index in [4.69, 9.17) is 0 Å². The van der Waals surface area contributed by atoms with Crippen LogP contribution in [0.5, 0.6) is 0 Å². The van der Waals surface area contributed by atoms with E-state index in [1.807, 2.05) is 6.07 Å². The van der Waals surface area contributed by atoms with Gasteiger partial charge in [0.15, 0.2) is 0 Å². The molecule has 0 saturated carbocycles. The zero-order chi connectivity index (χ0) is 11.6. The average molecular weight is 231 g/mol. The van der Waals surface area contributed by atoms with Gasteiger partial charge in [0.25, 0.3) is 0 Å². The minimum atomic E-state index is 0.308. The largest absolute Gasteiger partial charge is 0.241 e. The molecule has 0 atom stereocenters. The Hall–Kier alpha value is -1.15. The van der Waals surface area contributed by atoms with Crippen molar-refractivity contribution in [3.8, 4) is 10.6 Å². The molecular weight excluding hydrogens is 214 g/mol. The van der Waals surface area contributed by atoms with Crippen LogP contribution in [0, 0.1) is 5.41 Å². The average Bonchev–Trinajstić information content (AvgIpc) is 2.65. The topological polar surface area (TPSA) is 12.9 Å². The predicted molar refractivity (Wildman–Crippen MR) is 70.7 cm³/mol. The molecule has 2 rings (SSSR count).